The first kappa shape index (κ1) is 25.6. The van der Waals surface area contributed by atoms with E-state index in [4.69, 9.17) is 0 Å². The van der Waals surface area contributed by atoms with Gasteiger partial charge in [0.2, 0.25) is 17.7 Å². The number of imide groups is 1. The number of anilines is 1. The molecule has 1 saturated heterocycles. The fourth-order valence-electron chi connectivity index (χ4n) is 7.21. The monoisotopic (exact) mass is 550 g/mol. The number of hydrazone groups is 1. The number of nitriles is 1. The van der Waals surface area contributed by atoms with E-state index in [9.17, 15) is 19.6 Å². The average molecular weight is 551 g/mol. The van der Waals surface area contributed by atoms with Crippen molar-refractivity contribution in [3.63, 3.8) is 0 Å². The Morgan fingerprint density at radius 3 is 2.17 bits per heavy atom. The summed E-state index contributed by atoms with van der Waals surface area (Å²) in [6.45, 7) is 0. The zero-order valence-corrected chi connectivity index (χ0v) is 22.6. The molecular weight excluding hydrogens is 524 g/mol. The number of para-hydroxylation sites is 1. The molecule has 0 aromatic heterocycles. The molecule has 1 N–H and O–H groups in total. The molecule has 1 fully saturated rings. The van der Waals surface area contributed by atoms with E-state index in [0.29, 0.717) is 12.1 Å². The largest absolute Gasteiger partial charge is 0.274 e. The molecule has 7 heteroatoms. The van der Waals surface area contributed by atoms with Crippen molar-refractivity contribution in [3.8, 4) is 6.07 Å². The lowest BCUT2D eigenvalue weighted by Crippen LogP contribution is -2.54. The topological polar surface area (TPSA) is 103 Å². The van der Waals surface area contributed by atoms with Crippen LogP contribution in [-0.2, 0) is 26.2 Å². The van der Waals surface area contributed by atoms with Gasteiger partial charge in [0.1, 0.15) is 6.07 Å². The molecule has 1 heterocycles. The first-order valence-corrected chi connectivity index (χ1v) is 14.0. The number of carbonyl (C=O) groups is 3. The van der Waals surface area contributed by atoms with Crippen molar-refractivity contribution in [3.05, 3.63) is 137 Å². The van der Waals surface area contributed by atoms with Gasteiger partial charge in [0.25, 0.3) is 0 Å². The van der Waals surface area contributed by atoms with Gasteiger partial charge in [-0.25, -0.2) is 10.3 Å². The third-order valence-corrected chi connectivity index (χ3v) is 8.89. The van der Waals surface area contributed by atoms with Crippen LogP contribution in [0.3, 0.4) is 0 Å². The standard InChI is InChI=1S/C35H26N4O3/c36-20-23-12-4-9-17-28(23)39-33(41)31-30-24-13-5-7-15-26(24)35(32(31)34(39)42,27-16-8-6-14-25(27)30)21-37-38-29(40)19-18-22-10-2-1-3-11-22/h1-17,21,30-32H,18-19H2,(H,38,40)/b37-21-/t30?,31-,32+,35?/m1/s1. The van der Waals surface area contributed by atoms with Crippen LogP contribution >= 0.6 is 0 Å². The molecule has 0 unspecified atom stereocenters. The van der Waals surface area contributed by atoms with Crippen molar-refractivity contribution < 1.29 is 14.4 Å². The maximum atomic E-state index is 14.4. The molecule has 7 nitrogen and oxygen atoms in total. The van der Waals surface area contributed by atoms with E-state index in [2.05, 4.69) is 16.6 Å². The smallest absolute Gasteiger partial charge is 0.240 e. The van der Waals surface area contributed by atoms with Crippen LogP contribution in [0.15, 0.2) is 108 Å². The highest BCUT2D eigenvalue weighted by atomic mass is 16.2. The SMILES string of the molecule is N#Cc1ccccc1N1C(=O)[C@@H]2C3c4ccccc4C(/C=N\NC(=O)CCc4ccccc4)(c4ccccc43)[C@@H]2C1=O. The first-order valence-electron chi connectivity index (χ1n) is 14.0. The number of aryl methyl sites for hydroxylation is 1. The fraction of sp³-hybridized carbons (Fsp3) is 0.171. The average Bonchev–Trinajstić information content (AvgIpc) is 3.31. The second-order valence-corrected chi connectivity index (χ2v) is 10.9. The van der Waals surface area contributed by atoms with Gasteiger partial charge in [0, 0.05) is 18.6 Å². The molecular formula is C35H26N4O3. The van der Waals surface area contributed by atoms with Gasteiger partial charge in [-0.3, -0.25) is 14.4 Å². The minimum absolute atomic E-state index is 0.243. The van der Waals surface area contributed by atoms with E-state index in [1.807, 2.05) is 78.9 Å². The second kappa shape index (κ2) is 9.93. The summed E-state index contributed by atoms with van der Waals surface area (Å²) in [5, 5.41) is 14.2. The molecule has 4 aromatic carbocycles. The van der Waals surface area contributed by atoms with Crippen LogP contribution in [-0.4, -0.2) is 23.9 Å². The Bertz CT molecular complexity index is 1780. The molecule has 4 aromatic rings. The molecule has 2 bridgehead atoms. The minimum atomic E-state index is -1.09. The molecule has 3 aliphatic carbocycles. The van der Waals surface area contributed by atoms with Crippen molar-refractivity contribution in [2.24, 2.45) is 16.9 Å². The minimum Gasteiger partial charge on any atom is -0.274 e. The van der Waals surface area contributed by atoms with Gasteiger partial charge >= 0.3 is 0 Å². The lowest BCUT2D eigenvalue weighted by molar-refractivity contribution is -0.123. The quantitative estimate of drug-likeness (QED) is 0.211. The summed E-state index contributed by atoms with van der Waals surface area (Å²) in [6.07, 6.45) is 2.49. The van der Waals surface area contributed by atoms with E-state index >= 15 is 0 Å². The highest BCUT2D eigenvalue weighted by molar-refractivity contribution is 6.25. The van der Waals surface area contributed by atoms with Crippen LogP contribution in [0.5, 0.6) is 0 Å². The lowest BCUT2D eigenvalue weighted by atomic mass is 9.47. The van der Waals surface area contributed by atoms with Crippen LogP contribution < -0.4 is 10.3 Å². The Balaban J connectivity index is 1.33. The normalized spacial score (nSPS) is 23.3. The molecule has 4 aliphatic rings. The molecule has 0 saturated carbocycles. The van der Waals surface area contributed by atoms with E-state index in [1.165, 1.54) is 4.90 Å². The number of hydrogen-bond donors (Lipinski definition) is 1. The zero-order chi connectivity index (χ0) is 28.8. The summed E-state index contributed by atoms with van der Waals surface area (Å²) < 4.78 is 0. The summed E-state index contributed by atoms with van der Waals surface area (Å²) in [6, 6.07) is 34.3. The summed E-state index contributed by atoms with van der Waals surface area (Å²) in [4.78, 5) is 42.7. The highest BCUT2D eigenvalue weighted by Crippen LogP contribution is 2.63. The van der Waals surface area contributed by atoms with Gasteiger partial charge in [-0.1, -0.05) is 91.0 Å². The zero-order valence-electron chi connectivity index (χ0n) is 22.6. The third-order valence-electron chi connectivity index (χ3n) is 8.89. The molecule has 204 valence electrons. The predicted molar refractivity (Wildman–Crippen MR) is 158 cm³/mol. The Hall–Kier alpha value is -5.35. The molecule has 1 aliphatic heterocycles. The van der Waals surface area contributed by atoms with Crippen molar-refractivity contribution >= 4 is 29.6 Å². The van der Waals surface area contributed by atoms with Crippen molar-refractivity contribution in [2.45, 2.75) is 24.2 Å². The Morgan fingerprint density at radius 1 is 0.857 bits per heavy atom. The Morgan fingerprint density at radius 2 is 1.48 bits per heavy atom. The molecule has 3 amide bonds. The molecule has 8 rings (SSSR count). The predicted octanol–water partition coefficient (Wildman–Crippen LogP) is 4.84. The first-order chi connectivity index (χ1) is 20.6. The number of nitrogens with zero attached hydrogens (tertiary/aromatic N) is 3. The summed E-state index contributed by atoms with van der Waals surface area (Å²) in [5.74, 6) is -2.75. The van der Waals surface area contributed by atoms with Crippen LogP contribution in [0.1, 0.15) is 45.7 Å². The fourth-order valence-corrected chi connectivity index (χ4v) is 7.21. The van der Waals surface area contributed by atoms with Gasteiger partial charge in [-0.15, -0.1) is 0 Å². The van der Waals surface area contributed by atoms with E-state index in [-0.39, 0.29) is 35.6 Å². The maximum Gasteiger partial charge on any atom is 0.240 e. The number of benzene rings is 4. The number of rotatable bonds is 6. The second-order valence-electron chi connectivity index (χ2n) is 10.9. The van der Waals surface area contributed by atoms with E-state index in [1.54, 1.807) is 30.5 Å². The molecule has 2 atom stereocenters. The number of amides is 3. The summed E-state index contributed by atoms with van der Waals surface area (Å²) in [7, 11) is 0. The van der Waals surface area contributed by atoms with Gasteiger partial charge in [-0.2, -0.15) is 10.4 Å². The molecule has 42 heavy (non-hydrogen) atoms. The lowest BCUT2D eigenvalue weighted by Gasteiger charge is -2.52. The highest BCUT2D eigenvalue weighted by Gasteiger charge is 2.68. The Kier molecular flexibility index (Phi) is 6.05. The third kappa shape index (κ3) is 3.65. The Labute approximate surface area is 243 Å². The van der Waals surface area contributed by atoms with Crippen LogP contribution in [0.2, 0.25) is 0 Å². The van der Waals surface area contributed by atoms with Crippen molar-refractivity contribution in [1.82, 2.24) is 5.43 Å². The van der Waals surface area contributed by atoms with E-state index < -0.39 is 17.3 Å². The van der Waals surface area contributed by atoms with Gasteiger partial charge < -0.3 is 0 Å². The van der Waals surface area contributed by atoms with Crippen molar-refractivity contribution in [1.29, 1.82) is 5.26 Å². The van der Waals surface area contributed by atoms with Gasteiger partial charge in [0.05, 0.1) is 28.5 Å². The maximum absolute atomic E-state index is 14.4. The summed E-state index contributed by atoms with van der Waals surface area (Å²) >= 11 is 0. The van der Waals surface area contributed by atoms with Gasteiger partial charge in [0.15, 0.2) is 0 Å². The van der Waals surface area contributed by atoms with Gasteiger partial charge in [-0.05, 0) is 46.4 Å². The molecule has 0 spiro atoms. The van der Waals surface area contributed by atoms with Crippen LogP contribution in [0.4, 0.5) is 5.69 Å². The van der Waals surface area contributed by atoms with E-state index in [0.717, 1.165) is 27.8 Å². The molecule has 0 radical (unpaired) electrons. The number of carbonyl (C=O) groups excluding carboxylic acids is 3. The summed E-state index contributed by atoms with van der Waals surface area (Å²) in [5.41, 5.74) is 6.92. The van der Waals surface area contributed by atoms with Crippen LogP contribution in [0.25, 0.3) is 0 Å². The van der Waals surface area contributed by atoms with Crippen LogP contribution in [0, 0.1) is 23.2 Å². The number of nitrogens with one attached hydrogen (secondary N) is 1. The van der Waals surface area contributed by atoms with Crippen molar-refractivity contribution in [2.75, 3.05) is 4.90 Å². The number of hydrogen-bond acceptors (Lipinski definition) is 5.